The van der Waals surface area contributed by atoms with E-state index >= 15 is 0 Å². The lowest BCUT2D eigenvalue weighted by molar-refractivity contribution is 0.169. The van der Waals surface area contributed by atoms with Crippen molar-refractivity contribution in [1.82, 2.24) is 5.32 Å². The largest absolute Gasteiger partial charge is 0.387 e. The second kappa shape index (κ2) is 7.41. The number of aliphatic hydroxyl groups excluding tert-OH is 1. The molecule has 0 radical (unpaired) electrons. The maximum absolute atomic E-state index is 13.0. The van der Waals surface area contributed by atoms with E-state index in [1.165, 1.54) is 25.0 Å². The molecule has 0 amide bonds. The average Bonchev–Trinajstić information content (AvgIpc) is 2.33. The van der Waals surface area contributed by atoms with Crippen LogP contribution in [-0.4, -0.2) is 17.7 Å². The van der Waals surface area contributed by atoms with Crippen molar-refractivity contribution in [3.8, 4) is 0 Å². The van der Waals surface area contributed by atoms with Crippen LogP contribution in [0.5, 0.6) is 0 Å². The number of hydrogen-bond donors (Lipinski definition) is 2. The number of aliphatic hydroxyl groups is 1. The number of benzene rings is 1. The van der Waals surface area contributed by atoms with Crippen LogP contribution < -0.4 is 5.32 Å². The summed E-state index contributed by atoms with van der Waals surface area (Å²) >= 11 is 0. The Bertz CT molecular complexity index is 330. The maximum atomic E-state index is 13.0. The predicted octanol–water partition coefficient (Wildman–Crippen LogP) is 3.03. The third-order valence-electron chi connectivity index (χ3n) is 2.88. The van der Waals surface area contributed by atoms with Gasteiger partial charge in [-0.2, -0.15) is 0 Å². The summed E-state index contributed by atoms with van der Waals surface area (Å²) < 4.78 is 13.0. The lowest BCUT2D eigenvalue weighted by Crippen LogP contribution is -2.30. The summed E-state index contributed by atoms with van der Waals surface area (Å²) in [6.45, 7) is 4.73. The summed E-state index contributed by atoms with van der Waals surface area (Å²) in [5, 5.41) is 13.2. The first kappa shape index (κ1) is 14.1. The second-order valence-corrected chi connectivity index (χ2v) is 4.52. The molecule has 0 aromatic heterocycles. The Kier molecular flexibility index (Phi) is 6.16. The maximum Gasteiger partial charge on any atom is 0.123 e. The van der Waals surface area contributed by atoms with E-state index in [1.54, 1.807) is 12.1 Å². The zero-order valence-electron chi connectivity index (χ0n) is 10.6. The summed E-state index contributed by atoms with van der Waals surface area (Å²) in [7, 11) is 0. The standard InChI is InChI=1S/C14H22FNO/c1-3-4-6-11(2)16-10-14(17)12-7-5-8-13(15)9-12/h5,7-9,11,14,16-17H,3-4,6,10H2,1-2H3. The molecule has 17 heavy (non-hydrogen) atoms. The van der Waals surface area contributed by atoms with Crippen molar-refractivity contribution < 1.29 is 9.50 Å². The van der Waals surface area contributed by atoms with Crippen LogP contribution in [0.4, 0.5) is 4.39 Å². The molecule has 1 aromatic carbocycles. The molecule has 0 aliphatic carbocycles. The highest BCUT2D eigenvalue weighted by atomic mass is 19.1. The highest BCUT2D eigenvalue weighted by Crippen LogP contribution is 2.13. The zero-order valence-corrected chi connectivity index (χ0v) is 10.6. The van der Waals surface area contributed by atoms with E-state index in [4.69, 9.17) is 0 Å². The van der Waals surface area contributed by atoms with Crippen molar-refractivity contribution in [2.75, 3.05) is 6.54 Å². The monoisotopic (exact) mass is 239 g/mol. The van der Waals surface area contributed by atoms with Gasteiger partial charge in [0.25, 0.3) is 0 Å². The normalized spacial score (nSPS) is 14.6. The Morgan fingerprint density at radius 2 is 2.18 bits per heavy atom. The number of halogens is 1. The first-order chi connectivity index (χ1) is 8.13. The molecule has 0 aliphatic rings. The topological polar surface area (TPSA) is 32.3 Å². The van der Waals surface area contributed by atoms with Gasteiger partial charge in [0.05, 0.1) is 6.10 Å². The van der Waals surface area contributed by atoms with Gasteiger partial charge in [-0.25, -0.2) is 4.39 Å². The molecular weight excluding hydrogens is 217 g/mol. The van der Waals surface area contributed by atoms with Crippen LogP contribution in [0.2, 0.25) is 0 Å². The third kappa shape index (κ3) is 5.29. The molecule has 3 heteroatoms. The molecule has 0 bridgehead atoms. The Labute approximate surface area is 103 Å². The van der Waals surface area contributed by atoms with Crippen molar-refractivity contribution in [3.05, 3.63) is 35.6 Å². The first-order valence-electron chi connectivity index (χ1n) is 6.30. The quantitative estimate of drug-likeness (QED) is 0.766. The molecule has 2 N–H and O–H groups in total. The van der Waals surface area contributed by atoms with Crippen molar-refractivity contribution >= 4 is 0 Å². The summed E-state index contributed by atoms with van der Waals surface area (Å²) in [6, 6.07) is 6.51. The van der Waals surface area contributed by atoms with Crippen LogP contribution in [0.1, 0.15) is 44.8 Å². The van der Waals surface area contributed by atoms with Crippen molar-refractivity contribution in [2.45, 2.75) is 45.3 Å². The van der Waals surface area contributed by atoms with Gasteiger partial charge in [0.1, 0.15) is 5.82 Å². The molecule has 0 saturated carbocycles. The van der Waals surface area contributed by atoms with Crippen LogP contribution in [0, 0.1) is 5.82 Å². The van der Waals surface area contributed by atoms with Crippen molar-refractivity contribution in [2.24, 2.45) is 0 Å². The van der Waals surface area contributed by atoms with Gasteiger partial charge in [0, 0.05) is 12.6 Å². The minimum atomic E-state index is -0.644. The fourth-order valence-corrected chi connectivity index (χ4v) is 1.76. The van der Waals surface area contributed by atoms with Gasteiger partial charge in [-0.15, -0.1) is 0 Å². The van der Waals surface area contributed by atoms with E-state index < -0.39 is 6.10 Å². The van der Waals surface area contributed by atoms with Gasteiger partial charge in [0.15, 0.2) is 0 Å². The van der Waals surface area contributed by atoms with Crippen LogP contribution in [0.15, 0.2) is 24.3 Å². The van der Waals surface area contributed by atoms with E-state index in [9.17, 15) is 9.50 Å². The van der Waals surface area contributed by atoms with E-state index in [0.717, 1.165) is 6.42 Å². The number of unbranched alkanes of at least 4 members (excludes halogenated alkanes) is 1. The van der Waals surface area contributed by atoms with Crippen molar-refractivity contribution in [3.63, 3.8) is 0 Å². The number of hydrogen-bond acceptors (Lipinski definition) is 2. The van der Waals surface area contributed by atoms with E-state index in [1.807, 2.05) is 0 Å². The molecule has 1 rings (SSSR count). The van der Waals surface area contributed by atoms with E-state index in [-0.39, 0.29) is 5.82 Å². The lowest BCUT2D eigenvalue weighted by atomic mass is 10.1. The number of rotatable bonds is 7. The molecule has 0 aliphatic heterocycles. The van der Waals surface area contributed by atoms with Gasteiger partial charge in [-0.1, -0.05) is 31.9 Å². The Morgan fingerprint density at radius 3 is 2.82 bits per heavy atom. The average molecular weight is 239 g/mol. The summed E-state index contributed by atoms with van der Waals surface area (Å²) in [4.78, 5) is 0. The minimum absolute atomic E-state index is 0.305. The smallest absolute Gasteiger partial charge is 0.123 e. The first-order valence-corrected chi connectivity index (χ1v) is 6.30. The van der Waals surface area contributed by atoms with Crippen LogP contribution in [-0.2, 0) is 0 Å². The Hall–Kier alpha value is -0.930. The number of nitrogens with one attached hydrogen (secondary N) is 1. The Morgan fingerprint density at radius 1 is 1.41 bits per heavy atom. The molecule has 0 saturated heterocycles. The molecule has 1 aromatic rings. The molecular formula is C14H22FNO. The summed E-state index contributed by atoms with van der Waals surface area (Å²) in [5.41, 5.74) is 0.625. The highest BCUT2D eigenvalue weighted by Gasteiger charge is 2.09. The molecule has 0 heterocycles. The van der Waals surface area contributed by atoms with Crippen molar-refractivity contribution in [1.29, 1.82) is 0 Å². The predicted molar refractivity (Wildman–Crippen MR) is 68.3 cm³/mol. The van der Waals surface area contributed by atoms with Crippen LogP contribution in [0.25, 0.3) is 0 Å². The van der Waals surface area contributed by atoms with E-state index in [2.05, 4.69) is 19.2 Å². The fourth-order valence-electron chi connectivity index (χ4n) is 1.76. The van der Waals surface area contributed by atoms with Gasteiger partial charge in [0.2, 0.25) is 0 Å². The minimum Gasteiger partial charge on any atom is -0.387 e. The Balaban J connectivity index is 2.36. The molecule has 0 fully saturated rings. The highest BCUT2D eigenvalue weighted by molar-refractivity contribution is 5.18. The van der Waals surface area contributed by atoms with Gasteiger partial charge in [-0.3, -0.25) is 0 Å². The molecule has 2 unspecified atom stereocenters. The van der Waals surface area contributed by atoms with Gasteiger partial charge < -0.3 is 10.4 Å². The van der Waals surface area contributed by atoms with Crippen LogP contribution in [0.3, 0.4) is 0 Å². The van der Waals surface area contributed by atoms with Gasteiger partial charge in [-0.05, 0) is 31.0 Å². The molecule has 0 spiro atoms. The molecule has 96 valence electrons. The van der Waals surface area contributed by atoms with E-state index in [0.29, 0.717) is 18.2 Å². The zero-order chi connectivity index (χ0) is 12.7. The second-order valence-electron chi connectivity index (χ2n) is 4.52. The third-order valence-corrected chi connectivity index (χ3v) is 2.88. The van der Waals surface area contributed by atoms with Gasteiger partial charge >= 0.3 is 0 Å². The summed E-state index contributed by atoms with van der Waals surface area (Å²) in [5.74, 6) is -0.305. The molecule has 2 nitrogen and oxygen atoms in total. The molecule has 2 atom stereocenters. The summed E-state index contributed by atoms with van der Waals surface area (Å²) in [6.07, 6.45) is 2.82. The fraction of sp³-hybridized carbons (Fsp3) is 0.571. The van der Waals surface area contributed by atoms with Crippen LogP contribution >= 0.6 is 0 Å². The lowest BCUT2D eigenvalue weighted by Gasteiger charge is -2.17. The SMILES string of the molecule is CCCCC(C)NCC(O)c1cccc(F)c1.